The monoisotopic (exact) mass is 335 g/mol. The zero-order valence-corrected chi connectivity index (χ0v) is 13.1. The predicted octanol–water partition coefficient (Wildman–Crippen LogP) is 3.52. The minimum absolute atomic E-state index is 0.426. The molecule has 0 atom stereocenters. The lowest BCUT2D eigenvalue weighted by atomic mass is 9.96. The number of aromatic nitrogens is 2. The second-order valence-electron chi connectivity index (χ2n) is 5.36. The van der Waals surface area contributed by atoms with Gasteiger partial charge in [0.2, 0.25) is 5.89 Å². The zero-order valence-electron chi connectivity index (χ0n) is 11.6. The van der Waals surface area contributed by atoms with Crippen LogP contribution in [-0.2, 0) is 6.54 Å². The quantitative estimate of drug-likeness (QED) is 0.860. The van der Waals surface area contributed by atoms with Gasteiger partial charge in [0.05, 0.1) is 0 Å². The minimum atomic E-state index is 0.426. The number of halogens is 1. The van der Waals surface area contributed by atoms with Gasteiger partial charge in [-0.25, -0.2) is 0 Å². The van der Waals surface area contributed by atoms with Crippen molar-refractivity contribution in [2.75, 3.05) is 13.1 Å². The third-order valence-electron chi connectivity index (χ3n) is 3.78. The molecule has 2 aromatic rings. The molecule has 3 rings (SSSR count). The van der Waals surface area contributed by atoms with Crippen LogP contribution >= 0.6 is 15.9 Å². The van der Waals surface area contributed by atoms with Gasteiger partial charge in [0.1, 0.15) is 0 Å². The Bertz CT molecular complexity index is 576. The van der Waals surface area contributed by atoms with E-state index in [1.54, 1.807) is 0 Å². The van der Waals surface area contributed by atoms with Crippen LogP contribution in [0, 0.1) is 6.92 Å². The molecule has 0 bridgehead atoms. The molecule has 0 unspecified atom stereocenters. The van der Waals surface area contributed by atoms with E-state index < -0.39 is 0 Å². The number of hydrogen-bond acceptors (Lipinski definition) is 4. The number of aryl methyl sites for hydroxylation is 1. The highest BCUT2D eigenvalue weighted by Gasteiger charge is 2.24. The lowest BCUT2D eigenvalue weighted by Crippen LogP contribution is -2.32. The Balaban J connectivity index is 1.56. The molecule has 1 saturated heterocycles. The average Bonchev–Trinajstić information content (AvgIpc) is 2.86. The molecular weight excluding hydrogens is 318 g/mol. The molecule has 0 N–H and O–H groups in total. The number of piperidine rings is 1. The lowest BCUT2D eigenvalue weighted by molar-refractivity contribution is 0.187. The molecule has 0 aliphatic carbocycles. The van der Waals surface area contributed by atoms with Crippen molar-refractivity contribution in [3.8, 4) is 0 Å². The number of likely N-dealkylation sites (tertiary alicyclic amines) is 1. The van der Waals surface area contributed by atoms with Crippen LogP contribution in [0.5, 0.6) is 0 Å². The maximum Gasteiger partial charge on any atom is 0.229 e. The van der Waals surface area contributed by atoms with E-state index in [0.29, 0.717) is 5.92 Å². The first-order valence-electron chi connectivity index (χ1n) is 6.98. The third-order valence-corrected chi connectivity index (χ3v) is 4.27. The molecule has 20 heavy (non-hydrogen) atoms. The summed E-state index contributed by atoms with van der Waals surface area (Å²) in [6, 6.07) is 8.52. The van der Waals surface area contributed by atoms with Crippen molar-refractivity contribution in [1.82, 2.24) is 15.0 Å². The van der Waals surface area contributed by atoms with E-state index in [1.807, 2.05) is 6.92 Å². The van der Waals surface area contributed by atoms with E-state index in [1.165, 1.54) is 5.56 Å². The van der Waals surface area contributed by atoms with Crippen LogP contribution in [0.15, 0.2) is 33.3 Å². The van der Waals surface area contributed by atoms with Crippen molar-refractivity contribution in [3.63, 3.8) is 0 Å². The summed E-state index contributed by atoms with van der Waals surface area (Å²) in [5.41, 5.74) is 1.35. The van der Waals surface area contributed by atoms with Gasteiger partial charge in [-0.2, -0.15) is 4.98 Å². The zero-order chi connectivity index (χ0) is 13.9. The van der Waals surface area contributed by atoms with E-state index in [2.05, 4.69) is 55.2 Å². The highest BCUT2D eigenvalue weighted by Crippen LogP contribution is 2.27. The van der Waals surface area contributed by atoms with Crippen LogP contribution in [0.2, 0.25) is 0 Å². The SMILES string of the molecule is Cc1noc(C2CCN(Cc3cccc(Br)c3)CC2)n1. The van der Waals surface area contributed by atoms with Crippen LogP contribution in [0.4, 0.5) is 0 Å². The summed E-state index contributed by atoms with van der Waals surface area (Å²) in [4.78, 5) is 6.84. The van der Waals surface area contributed by atoms with Crippen LogP contribution in [0.1, 0.15) is 36.0 Å². The summed E-state index contributed by atoms with van der Waals surface area (Å²) >= 11 is 3.52. The first-order valence-corrected chi connectivity index (χ1v) is 7.77. The summed E-state index contributed by atoms with van der Waals surface area (Å²) in [6.45, 7) is 5.04. The van der Waals surface area contributed by atoms with E-state index in [4.69, 9.17) is 4.52 Å². The van der Waals surface area contributed by atoms with Gasteiger partial charge in [-0.1, -0.05) is 33.2 Å². The number of hydrogen-bond donors (Lipinski definition) is 0. The Morgan fingerprint density at radius 3 is 2.80 bits per heavy atom. The Morgan fingerprint density at radius 2 is 2.15 bits per heavy atom. The number of rotatable bonds is 3. The van der Waals surface area contributed by atoms with Gasteiger partial charge in [0, 0.05) is 16.9 Å². The van der Waals surface area contributed by atoms with Crippen molar-refractivity contribution in [3.05, 3.63) is 46.0 Å². The molecule has 1 aliphatic rings. The first kappa shape index (κ1) is 13.8. The Morgan fingerprint density at radius 1 is 1.35 bits per heavy atom. The van der Waals surface area contributed by atoms with E-state index >= 15 is 0 Å². The first-order chi connectivity index (χ1) is 9.70. The standard InChI is InChI=1S/C15H18BrN3O/c1-11-17-15(20-18-11)13-5-7-19(8-6-13)10-12-3-2-4-14(16)9-12/h2-4,9,13H,5-8,10H2,1H3. The second kappa shape index (κ2) is 6.06. The molecule has 1 fully saturated rings. The maximum absolute atomic E-state index is 5.29. The lowest BCUT2D eigenvalue weighted by Gasteiger charge is -2.30. The van der Waals surface area contributed by atoms with E-state index in [0.717, 1.165) is 48.7 Å². The molecular formula is C15H18BrN3O. The molecule has 5 heteroatoms. The summed E-state index contributed by atoms with van der Waals surface area (Å²) in [5, 5.41) is 3.88. The summed E-state index contributed by atoms with van der Waals surface area (Å²) in [6.07, 6.45) is 2.19. The minimum Gasteiger partial charge on any atom is -0.339 e. The Labute approximate surface area is 127 Å². The van der Waals surface area contributed by atoms with Crippen LogP contribution < -0.4 is 0 Å². The maximum atomic E-state index is 5.29. The highest BCUT2D eigenvalue weighted by molar-refractivity contribution is 9.10. The van der Waals surface area contributed by atoms with Crippen LogP contribution in [0.25, 0.3) is 0 Å². The van der Waals surface area contributed by atoms with Crippen molar-refractivity contribution in [1.29, 1.82) is 0 Å². The molecule has 1 aromatic heterocycles. The molecule has 1 aliphatic heterocycles. The molecule has 0 spiro atoms. The topological polar surface area (TPSA) is 42.2 Å². The molecule has 106 valence electrons. The van der Waals surface area contributed by atoms with Crippen LogP contribution in [-0.4, -0.2) is 28.1 Å². The Hall–Kier alpha value is -1.20. The third kappa shape index (κ3) is 3.27. The number of nitrogens with zero attached hydrogens (tertiary/aromatic N) is 3. The molecule has 0 amide bonds. The van der Waals surface area contributed by atoms with E-state index in [-0.39, 0.29) is 0 Å². The fraction of sp³-hybridized carbons (Fsp3) is 0.467. The summed E-state index contributed by atoms with van der Waals surface area (Å²) < 4.78 is 6.43. The van der Waals surface area contributed by atoms with Crippen molar-refractivity contribution >= 4 is 15.9 Å². The largest absolute Gasteiger partial charge is 0.339 e. The smallest absolute Gasteiger partial charge is 0.229 e. The van der Waals surface area contributed by atoms with Gasteiger partial charge >= 0.3 is 0 Å². The molecule has 0 radical (unpaired) electrons. The Kier molecular flexibility index (Phi) is 4.17. The summed E-state index contributed by atoms with van der Waals surface area (Å²) in [7, 11) is 0. The number of benzene rings is 1. The highest BCUT2D eigenvalue weighted by atomic mass is 79.9. The van der Waals surface area contributed by atoms with Gasteiger partial charge < -0.3 is 4.52 Å². The molecule has 4 nitrogen and oxygen atoms in total. The van der Waals surface area contributed by atoms with Crippen LogP contribution in [0.3, 0.4) is 0 Å². The molecule has 0 saturated carbocycles. The normalized spacial score (nSPS) is 17.5. The average molecular weight is 336 g/mol. The van der Waals surface area contributed by atoms with Crippen molar-refractivity contribution in [2.24, 2.45) is 0 Å². The second-order valence-corrected chi connectivity index (χ2v) is 6.28. The van der Waals surface area contributed by atoms with Gasteiger partial charge in [-0.3, -0.25) is 4.90 Å². The predicted molar refractivity (Wildman–Crippen MR) is 80.4 cm³/mol. The fourth-order valence-electron chi connectivity index (χ4n) is 2.71. The fourth-order valence-corrected chi connectivity index (χ4v) is 3.16. The van der Waals surface area contributed by atoms with E-state index in [9.17, 15) is 0 Å². The van der Waals surface area contributed by atoms with Gasteiger partial charge in [-0.15, -0.1) is 0 Å². The van der Waals surface area contributed by atoms with Crippen molar-refractivity contribution < 1.29 is 4.52 Å². The van der Waals surface area contributed by atoms with Gasteiger partial charge in [0.25, 0.3) is 0 Å². The van der Waals surface area contributed by atoms with Gasteiger partial charge in [-0.05, 0) is 50.6 Å². The van der Waals surface area contributed by atoms with Crippen molar-refractivity contribution in [2.45, 2.75) is 32.2 Å². The molecule has 2 heterocycles. The summed E-state index contributed by atoms with van der Waals surface area (Å²) in [5.74, 6) is 1.97. The van der Waals surface area contributed by atoms with Gasteiger partial charge in [0.15, 0.2) is 5.82 Å². The molecule has 1 aromatic carbocycles.